The number of aliphatic hydroxyl groups excluding tert-OH is 1. The Morgan fingerprint density at radius 2 is 2.05 bits per heavy atom. The van der Waals surface area contributed by atoms with Crippen molar-refractivity contribution in [3.63, 3.8) is 0 Å². The van der Waals surface area contributed by atoms with Crippen LogP contribution in [0.5, 0.6) is 11.5 Å². The van der Waals surface area contributed by atoms with Gasteiger partial charge in [-0.05, 0) is 26.3 Å². The number of nitrogens with one attached hydrogen (secondary N) is 1. The Balaban J connectivity index is 2.82. The molecule has 0 spiro atoms. The molecule has 2 N–H and O–H groups in total. The summed E-state index contributed by atoms with van der Waals surface area (Å²) < 4.78 is 11.3. The second kappa shape index (κ2) is 8.02. The summed E-state index contributed by atoms with van der Waals surface area (Å²) in [4.78, 5) is 0. The van der Waals surface area contributed by atoms with E-state index in [2.05, 4.69) is 12.2 Å². The number of hydrogen-bond acceptors (Lipinski definition) is 4. The lowest BCUT2D eigenvalue weighted by Gasteiger charge is -2.19. The maximum atomic E-state index is 9.27. The molecule has 0 fully saturated rings. The maximum Gasteiger partial charge on any atom is 0.166 e. The number of para-hydroxylation sites is 1. The molecule has 1 rings (SSSR count). The average molecular weight is 267 g/mol. The fourth-order valence-corrected chi connectivity index (χ4v) is 1.70. The molecular formula is C15H25NO3. The minimum absolute atomic E-state index is 0.145. The highest BCUT2D eigenvalue weighted by Gasteiger charge is 2.13. The summed E-state index contributed by atoms with van der Waals surface area (Å²) in [6.45, 7) is 7.09. The van der Waals surface area contributed by atoms with Crippen LogP contribution in [0.3, 0.4) is 0 Å². The highest BCUT2D eigenvalue weighted by atomic mass is 16.5. The van der Waals surface area contributed by atoms with Crippen molar-refractivity contribution >= 4 is 0 Å². The van der Waals surface area contributed by atoms with Gasteiger partial charge in [-0.25, -0.2) is 0 Å². The lowest BCUT2D eigenvalue weighted by Crippen LogP contribution is -2.24. The van der Waals surface area contributed by atoms with E-state index in [1.54, 1.807) is 14.0 Å². The molecule has 2 atom stereocenters. The first-order valence-corrected chi connectivity index (χ1v) is 6.79. The number of methoxy groups -OCH3 is 1. The smallest absolute Gasteiger partial charge is 0.166 e. The van der Waals surface area contributed by atoms with Gasteiger partial charge in [-0.15, -0.1) is 0 Å². The van der Waals surface area contributed by atoms with Crippen LogP contribution in [-0.4, -0.2) is 31.0 Å². The molecule has 108 valence electrons. The van der Waals surface area contributed by atoms with Gasteiger partial charge >= 0.3 is 0 Å². The quantitative estimate of drug-likeness (QED) is 0.759. The number of hydrogen-bond donors (Lipinski definition) is 2. The molecule has 0 amide bonds. The lowest BCUT2D eigenvalue weighted by atomic mass is 10.1. The minimum Gasteiger partial charge on any atom is -0.493 e. The number of rotatable bonds is 8. The molecule has 0 bridgehead atoms. The number of benzene rings is 1. The van der Waals surface area contributed by atoms with E-state index in [0.29, 0.717) is 13.1 Å². The first-order valence-electron chi connectivity index (χ1n) is 6.79. The molecule has 4 heteroatoms. The Morgan fingerprint density at radius 1 is 1.32 bits per heavy atom. The van der Waals surface area contributed by atoms with Crippen molar-refractivity contribution < 1.29 is 14.6 Å². The second-order valence-corrected chi connectivity index (χ2v) is 4.77. The molecule has 0 aliphatic carbocycles. The summed E-state index contributed by atoms with van der Waals surface area (Å²) in [6, 6.07) is 5.85. The predicted octanol–water partition coefficient (Wildman–Crippen LogP) is 2.34. The van der Waals surface area contributed by atoms with Crippen molar-refractivity contribution in [3.8, 4) is 11.5 Å². The second-order valence-electron chi connectivity index (χ2n) is 4.77. The fourth-order valence-electron chi connectivity index (χ4n) is 1.70. The molecule has 0 radical (unpaired) electrons. The molecule has 0 aromatic heterocycles. The van der Waals surface area contributed by atoms with Crippen LogP contribution in [0.4, 0.5) is 0 Å². The molecule has 0 saturated heterocycles. The van der Waals surface area contributed by atoms with Gasteiger partial charge in [-0.1, -0.05) is 19.1 Å². The topological polar surface area (TPSA) is 50.7 Å². The molecule has 0 aliphatic heterocycles. The van der Waals surface area contributed by atoms with Gasteiger partial charge in [0, 0.05) is 18.7 Å². The Labute approximate surface area is 115 Å². The Kier molecular flexibility index (Phi) is 6.67. The van der Waals surface area contributed by atoms with E-state index < -0.39 is 0 Å². The molecule has 1 aromatic carbocycles. The SMILES string of the molecule is CCC(C)Oc1c(CNCC(C)O)cccc1OC. The molecule has 0 heterocycles. The fraction of sp³-hybridized carbons (Fsp3) is 0.600. The van der Waals surface area contributed by atoms with E-state index in [1.807, 2.05) is 25.1 Å². The van der Waals surface area contributed by atoms with Gasteiger partial charge in [0.2, 0.25) is 0 Å². The highest BCUT2D eigenvalue weighted by Crippen LogP contribution is 2.32. The molecule has 2 unspecified atom stereocenters. The lowest BCUT2D eigenvalue weighted by molar-refractivity contribution is 0.189. The van der Waals surface area contributed by atoms with Crippen LogP contribution in [0, 0.1) is 0 Å². The van der Waals surface area contributed by atoms with Gasteiger partial charge in [-0.3, -0.25) is 0 Å². The van der Waals surface area contributed by atoms with Crippen molar-refractivity contribution in [1.29, 1.82) is 0 Å². The van der Waals surface area contributed by atoms with Crippen LogP contribution < -0.4 is 14.8 Å². The van der Waals surface area contributed by atoms with Crippen LogP contribution >= 0.6 is 0 Å². The number of aliphatic hydroxyl groups is 1. The molecule has 4 nitrogen and oxygen atoms in total. The first kappa shape index (κ1) is 15.8. The third kappa shape index (κ3) is 5.09. The van der Waals surface area contributed by atoms with Gasteiger partial charge in [0.05, 0.1) is 19.3 Å². The Hall–Kier alpha value is -1.26. The van der Waals surface area contributed by atoms with Gasteiger partial charge < -0.3 is 19.9 Å². The largest absolute Gasteiger partial charge is 0.493 e. The molecule has 1 aromatic rings. The van der Waals surface area contributed by atoms with E-state index in [4.69, 9.17) is 9.47 Å². The Bertz CT molecular complexity index is 380. The summed E-state index contributed by atoms with van der Waals surface area (Å²) in [5.41, 5.74) is 1.04. The zero-order valence-electron chi connectivity index (χ0n) is 12.3. The molecule has 19 heavy (non-hydrogen) atoms. The van der Waals surface area contributed by atoms with Crippen molar-refractivity contribution in [1.82, 2.24) is 5.32 Å². The summed E-state index contributed by atoms with van der Waals surface area (Å²) in [5.74, 6) is 1.54. The van der Waals surface area contributed by atoms with Crippen molar-refractivity contribution in [2.24, 2.45) is 0 Å². The average Bonchev–Trinajstić information content (AvgIpc) is 2.39. The third-order valence-electron chi connectivity index (χ3n) is 2.93. The van der Waals surface area contributed by atoms with Crippen molar-refractivity contribution in [2.75, 3.05) is 13.7 Å². The highest BCUT2D eigenvalue weighted by molar-refractivity contribution is 5.46. The first-order chi connectivity index (χ1) is 9.08. The van der Waals surface area contributed by atoms with Crippen LogP contribution in [0.15, 0.2) is 18.2 Å². The molecular weight excluding hydrogens is 242 g/mol. The maximum absolute atomic E-state index is 9.27. The Morgan fingerprint density at radius 3 is 2.63 bits per heavy atom. The van der Waals surface area contributed by atoms with Crippen molar-refractivity contribution in [2.45, 2.75) is 45.9 Å². The molecule has 0 saturated carbocycles. The standard InChI is InChI=1S/C15H25NO3/c1-5-12(3)19-15-13(10-16-9-11(2)17)7-6-8-14(15)18-4/h6-8,11-12,16-17H,5,9-10H2,1-4H3. The van der Waals surface area contributed by atoms with E-state index in [0.717, 1.165) is 23.5 Å². The third-order valence-corrected chi connectivity index (χ3v) is 2.93. The van der Waals surface area contributed by atoms with Crippen LogP contribution in [0.1, 0.15) is 32.8 Å². The minimum atomic E-state index is -0.357. The van der Waals surface area contributed by atoms with Crippen LogP contribution in [0.25, 0.3) is 0 Å². The normalized spacial score (nSPS) is 13.9. The summed E-state index contributed by atoms with van der Waals surface area (Å²) in [7, 11) is 1.64. The summed E-state index contributed by atoms with van der Waals surface area (Å²) in [5, 5.41) is 12.5. The van der Waals surface area contributed by atoms with Gasteiger partial charge in [0.15, 0.2) is 11.5 Å². The number of ether oxygens (including phenoxy) is 2. The monoisotopic (exact) mass is 267 g/mol. The van der Waals surface area contributed by atoms with Gasteiger partial charge in [0.25, 0.3) is 0 Å². The van der Waals surface area contributed by atoms with Crippen molar-refractivity contribution in [3.05, 3.63) is 23.8 Å². The van der Waals surface area contributed by atoms with Gasteiger partial charge in [0.1, 0.15) is 0 Å². The zero-order chi connectivity index (χ0) is 14.3. The van der Waals surface area contributed by atoms with E-state index >= 15 is 0 Å². The van der Waals surface area contributed by atoms with Gasteiger partial charge in [-0.2, -0.15) is 0 Å². The van der Waals surface area contributed by atoms with E-state index in [9.17, 15) is 5.11 Å². The van der Waals surface area contributed by atoms with Crippen LogP contribution in [0.2, 0.25) is 0 Å². The predicted molar refractivity (Wildman–Crippen MR) is 76.8 cm³/mol. The summed E-state index contributed by atoms with van der Waals surface area (Å²) in [6.07, 6.45) is 0.731. The summed E-state index contributed by atoms with van der Waals surface area (Å²) >= 11 is 0. The van der Waals surface area contributed by atoms with Crippen LogP contribution in [-0.2, 0) is 6.54 Å². The zero-order valence-corrected chi connectivity index (χ0v) is 12.3. The van der Waals surface area contributed by atoms with E-state index in [-0.39, 0.29) is 12.2 Å². The van der Waals surface area contributed by atoms with E-state index in [1.165, 1.54) is 0 Å². The molecule has 0 aliphatic rings.